The average Bonchev–Trinajstić information content (AvgIpc) is 3.26. The van der Waals surface area contributed by atoms with Crippen LogP contribution in [0.5, 0.6) is 0 Å². The number of carboxylic acids is 3. The number of benzene rings is 1. The van der Waals surface area contributed by atoms with Crippen LogP contribution in [0.3, 0.4) is 0 Å². The van der Waals surface area contributed by atoms with Gasteiger partial charge in [0.1, 0.15) is 11.4 Å². The van der Waals surface area contributed by atoms with Gasteiger partial charge >= 0.3 is 17.9 Å². The molecular weight excluding hydrogens is 539 g/mol. The summed E-state index contributed by atoms with van der Waals surface area (Å²) in [5, 5.41) is 34.8. The lowest BCUT2D eigenvalue weighted by Gasteiger charge is -2.50. The van der Waals surface area contributed by atoms with Gasteiger partial charge in [-0.2, -0.15) is 0 Å². The molecule has 1 aliphatic heterocycles. The first-order valence-corrected chi connectivity index (χ1v) is 13.8. The minimum Gasteiger partial charge on any atom is -0.481 e. The Morgan fingerprint density at radius 3 is 2.24 bits per heavy atom. The minimum absolute atomic E-state index is 0.166. The van der Waals surface area contributed by atoms with E-state index in [1.807, 2.05) is 6.07 Å². The number of aliphatic carboxylic acids is 3. The van der Waals surface area contributed by atoms with Gasteiger partial charge in [-0.3, -0.25) is 9.59 Å². The summed E-state index contributed by atoms with van der Waals surface area (Å²) in [4.78, 5) is 36.5. The molecule has 2 aromatic rings. The molecule has 0 saturated heterocycles. The fourth-order valence-corrected chi connectivity index (χ4v) is 6.14. The zero-order valence-electron chi connectivity index (χ0n) is 23.9. The van der Waals surface area contributed by atoms with Crippen molar-refractivity contribution in [3.63, 3.8) is 0 Å². The first-order chi connectivity index (χ1) is 19.3. The fourth-order valence-electron chi connectivity index (χ4n) is 6.14. The van der Waals surface area contributed by atoms with Gasteiger partial charge in [0.15, 0.2) is 5.60 Å². The number of nitrogens with zero attached hydrogens (tertiary/aromatic N) is 1. The van der Waals surface area contributed by atoms with Crippen molar-refractivity contribution < 1.29 is 48.7 Å². The minimum atomic E-state index is -2.74. The quantitative estimate of drug-likeness (QED) is 0.248. The fraction of sp³-hybridized carbons (Fsp3) is 0.621. The molecule has 1 aromatic heterocycles. The Labute approximate surface area is 238 Å². The Morgan fingerprint density at radius 2 is 1.71 bits per heavy atom. The van der Waals surface area contributed by atoms with E-state index in [1.165, 1.54) is 30.2 Å². The van der Waals surface area contributed by atoms with Gasteiger partial charge < -0.3 is 39.8 Å². The summed E-state index contributed by atoms with van der Waals surface area (Å²) < 4.78 is 25.5. The van der Waals surface area contributed by atoms with E-state index in [4.69, 9.17) is 29.9 Å². The summed E-state index contributed by atoms with van der Waals surface area (Å²) in [7, 11) is 6.21. The zero-order chi connectivity index (χ0) is 30.4. The number of aromatic amines is 1. The second-order valence-corrected chi connectivity index (χ2v) is 11.3. The molecule has 41 heavy (non-hydrogen) atoms. The standard InChI is InChI=1S/C23H33FN2O2.C6H8O7/c1-26(2)22(9-4-5-14-27-3)10-12-23(13-11-22)21-18(8-15-28-23)19-16-17(24)6-7-20(19)25-21;7-3(8)1-6(13,5(11)12)2-4(9)10/h6-7,16,25H,4-5,8-15H2,1-3H3;13H,1-2H2,(H,7,8)(H,9,10)(H,11,12). The number of rotatable bonds is 11. The zero-order valence-corrected chi connectivity index (χ0v) is 23.9. The number of halogens is 1. The molecule has 1 aromatic carbocycles. The molecule has 4 rings (SSSR count). The largest absolute Gasteiger partial charge is 0.481 e. The third-order valence-electron chi connectivity index (χ3n) is 8.52. The Balaban J connectivity index is 0.000000302. The van der Waals surface area contributed by atoms with Crippen molar-refractivity contribution in [1.82, 2.24) is 9.88 Å². The summed E-state index contributed by atoms with van der Waals surface area (Å²) >= 11 is 0. The van der Waals surface area contributed by atoms with Crippen LogP contribution in [0.25, 0.3) is 10.9 Å². The highest BCUT2D eigenvalue weighted by atomic mass is 19.1. The van der Waals surface area contributed by atoms with Crippen LogP contribution in [0.15, 0.2) is 18.2 Å². The summed E-state index contributed by atoms with van der Waals surface area (Å²) in [6.07, 6.45) is 6.34. The van der Waals surface area contributed by atoms with Crippen LogP contribution in [0.2, 0.25) is 0 Å². The lowest BCUT2D eigenvalue weighted by molar-refractivity contribution is -0.170. The van der Waals surface area contributed by atoms with Crippen LogP contribution in [-0.2, 0) is 35.9 Å². The highest BCUT2D eigenvalue weighted by Gasteiger charge is 2.48. The SMILES string of the molecule is COCCCCC1(N(C)C)CCC2(CC1)OCCc1c2[nH]c2ccc(F)cc12.O=C(O)CC(O)(CC(=O)O)C(=O)O. The van der Waals surface area contributed by atoms with E-state index in [9.17, 15) is 18.8 Å². The number of methoxy groups -OCH3 is 1. The third kappa shape index (κ3) is 7.42. The first-order valence-electron chi connectivity index (χ1n) is 13.8. The molecule has 1 spiro atoms. The van der Waals surface area contributed by atoms with Crippen LogP contribution < -0.4 is 0 Å². The van der Waals surface area contributed by atoms with Crippen molar-refractivity contribution in [3.8, 4) is 0 Å². The number of ether oxygens (including phenoxy) is 2. The molecule has 1 aliphatic carbocycles. The molecule has 12 heteroatoms. The molecule has 0 amide bonds. The maximum Gasteiger partial charge on any atom is 0.336 e. The van der Waals surface area contributed by atoms with Gasteiger partial charge in [-0.25, -0.2) is 9.18 Å². The summed E-state index contributed by atoms with van der Waals surface area (Å²) in [5.41, 5.74) is 0.745. The van der Waals surface area contributed by atoms with E-state index >= 15 is 0 Å². The lowest BCUT2D eigenvalue weighted by Crippen LogP contribution is -2.52. The van der Waals surface area contributed by atoms with Crippen molar-refractivity contribution in [2.45, 2.75) is 80.9 Å². The van der Waals surface area contributed by atoms with Crippen molar-refractivity contribution >= 4 is 28.8 Å². The van der Waals surface area contributed by atoms with Gasteiger partial charge in [-0.15, -0.1) is 0 Å². The Hall–Kier alpha value is -3.06. The number of fused-ring (bicyclic) bond motifs is 4. The monoisotopic (exact) mass is 580 g/mol. The second-order valence-electron chi connectivity index (χ2n) is 11.3. The van der Waals surface area contributed by atoms with E-state index in [2.05, 4.69) is 24.0 Å². The Bertz CT molecular complexity index is 1220. The highest BCUT2D eigenvalue weighted by molar-refractivity contribution is 5.88. The molecular formula is C29H41FN2O9. The smallest absolute Gasteiger partial charge is 0.336 e. The van der Waals surface area contributed by atoms with Gasteiger partial charge in [-0.1, -0.05) is 0 Å². The number of carbonyl (C=O) groups is 3. The molecule has 2 heterocycles. The molecule has 1 saturated carbocycles. The summed E-state index contributed by atoms with van der Waals surface area (Å²) in [6, 6.07) is 5.07. The molecule has 2 aliphatic rings. The van der Waals surface area contributed by atoms with Crippen molar-refractivity contribution in [2.75, 3.05) is 34.4 Å². The Morgan fingerprint density at radius 1 is 1.07 bits per heavy atom. The van der Waals surface area contributed by atoms with Crippen LogP contribution in [0, 0.1) is 5.82 Å². The van der Waals surface area contributed by atoms with Gasteiger partial charge in [0.05, 0.1) is 25.1 Å². The van der Waals surface area contributed by atoms with Crippen molar-refractivity contribution in [1.29, 1.82) is 0 Å². The maximum atomic E-state index is 13.8. The number of unbranched alkanes of at least 4 members (excludes halogenated alkanes) is 1. The topological polar surface area (TPSA) is 170 Å². The number of aromatic nitrogens is 1. The predicted octanol–water partition coefficient (Wildman–Crippen LogP) is 3.52. The second kappa shape index (κ2) is 13.3. The van der Waals surface area contributed by atoms with Gasteiger partial charge in [-0.05, 0) is 89.2 Å². The molecule has 0 atom stereocenters. The molecule has 5 N–H and O–H groups in total. The molecule has 228 valence electrons. The molecule has 0 radical (unpaired) electrons. The predicted molar refractivity (Wildman–Crippen MR) is 147 cm³/mol. The number of H-pyrrole nitrogens is 1. The van der Waals surface area contributed by atoms with E-state index in [1.54, 1.807) is 13.2 Å². The number of hydrogen-bond acceptors (Lipinski definition) is 7. The van der Waals surface area contributed by atoms with E-state index in [0.29, 0.717) is 0 Å². The highest BCUT2D eigenvalue weighted by Crippen LogP contribution is 2.50. The number of nitrogens with one attached hydrogen (secondary N) is 1. The van der Waals surface area contributed by atoms with E-state index in [0.717, 1.165) is 62.6 Å². The number of carboxylic acid groups (broad SMARTS) is 3. The summed E-state index contributed by atoms with van der Waals surface area (Å²) in [6.45, 7) is 1.56. The van der Waals surface area contributed by atoms with Crippen molar-refractivity contribution in [2.24, 2.45) is 0 Å². The molecule has 0 unspecified atom stereocenters. The van der Waals surface area contributed by atoms with E-state index < -0.39 is 36.4 Å². The normalized spacial score (nSPS) is 22.3. The van der Waals surface area contributed by atoms with Crippen LogP contribution in [-0.4, -0.2) is 93.8 Å². The van der Waals surface area contributed by atoms with Crippen LogP contribution in [0.1, 0.15) is 69.0 Å². The maximum absolute atomic E-state index is 13.8. The van der Waals surface area contributed by atoms with Gasteiger partial charge in [0, 0.05) is 30.2 Å². The molecule has 1 fully saturated rings. The van der Waals surface area contributed by atoms with E-state index in [-0.39, 0.29) is 17.0 Å². The van der Waals surface area contributed by atoms with Gasteiger partial charge in [0.25, 0.3) is 0 Å². The lowest BCUT2D eigenvalue weighted by atomic mass is 9.69. The average molecular weight is 581 g/mol. The van der Waals surface area contributed by atoms with Crippen molar-refractivity contribution in [3.05, 3.63) is 35.3 Å². The Kier molecular flexibility index (Phi) is 10.5. The van der Waals surface area contributed by atoms with Crippen LogP contribution >= 0.6 is 0 Å². The summed E-state index contributed by atoms with van der Waals surface area (Å²) in [5.74, 6) is -5.18. The number of aliphatic hydroxyl groups is 1. The van der Waals surface area contributed by atoms with Crippen LogP contribution in [0.4, 0.5) is 4.39 Å². The molecule has 11 nitrogen and oxygen atoms in total. The van der Waals surface area contributed by atoms with Gasteiger partial charge in [0.2, 0.25) is 0 Å². The third-order valence-corrected chi connectivity index (χ3v) is 8.52. The molecule has 0 bridgehead atoms. The first kappa shape index (κ1) is 32.5. The number of hydrogen-bond donors (Lipinski definition) is 5.